The van der Waals surface area contributed by atoms with Crippen molar-refractivity contribution < 1.29 is 8.95 Å². The first-order chi connectivity index (χ1) is 8.72. The molecule has 1 aromatic carbocycles. The van der Waals surface area contributed by atoms with Gasteiger partial charge in [-0.25, -0.2) is 0 Å². The van der Waals surface area contributed by atoms with Crippen LogP contribution in [0, 0.1) is 0 Å². The number of nitrogens with one attached hydrogen (secondary N) is 1. The van der Waals surface area contributed by atoms with E-state index in [-0.39, 0.29) is 17.4 Å². The Bertz CT molecular complexity index is 396. The van der Waals surface area contributed by atoms with E-state index < -0.39 is 10.8 Å². The molecule has 1 aliphatic heterocycles. The Hall–Kier alpha value is -0.710. The molecular formula is C14H21NO2S. The average Bonchev–Trinajstić information content (AvgIpc) is 2.83. The number of ether oxygens (including phenoxy) is 1. The standard InChI is InChI=1S/C14H21NO2S/c1-11-14(8-9-17-11)18(16)10-13(15-2)12-6-4-3-5-7-12/h3-7,11,13-15H,8-10H2,1-2H3. The molecule has 1 fully saturated rings. The summed E-state index contributed by atoms with van der Waals surface area (Å²) in [6.07, 6.45) is 1.04. The summed E-state index contributed by atoms with van der Waals surface area (Å²) in [5.74, 6) is 0.652. The zero-order valence-corrected chi connectivity index (χ0v) is 11.8. The summed E-state index contributed by atoms with van der Waals surface area (Å²) in [4.78, 5) is 0. The molecule has 0 bridgehead atoms. The summed E-state index contributed by atoms with van der Waals surface area (Å²) in [5.41, 5.74) is 1.19. The summed E-state index contributed by atoms with van der Waals surface area (Å²) in [6.45, 7) is 2.76. The van der Waals surface area contributed by atoms with Gasteiger partial charge in [-0.3, -0.25) is 4.21 Å². The lowest BCUT2D eigenvalue weighted by atomic mass is 10.1. The van der Waals surface area contributed by atoms with Crippen molar-refractivity contribution >= 4 is 10.8 Å². The second-order valence-corrected chi connectivity index (χ2v) is 6.40. The van der Waals surface area contributed by atoms with E-state index in [2.05, 4.69) is 17.4 Å². The molecular weight excluding hydrogens is 246 g/mol. The molecule has 2 rings (SSSR count). The normalized spacial score (nSPS) is 27.0. The van der Waals surface area contributed by atoms with Crippen molar-refractivity contribution in [3.63, 3.8) is 0 Å². The van der Waals surface area contributed by atoms with Gasteiger partial charge in [-0.1, -0.05) is 30.3 Å². The first-order valence-electron chi connectivity index (χ1n) is 6.43. The summed E-state index contributed by atoms with van der Waals surface area (Å²) in [5, 5.41) is 3.44. The highest BCUT2D eigenvalue weighted by molar-refractivity contribution is 7.85. The zero-order chi connectivity index (χ0) is 13.0. The Morgan fingerprint density at radius 3 is 2.72 bits per heavy atom. The van der Waals surface area contributed by atoms with Crippen molar-refractivity contribution in [1.29, 1.82) is 0 Å². The molecule has 0 aromatic heterocycles. The second-order valence-electron chi connectivity index (χ2n) is 4.70. The first kappa shape index (κ1) is 13.7. The highest BCUT2D eigenvalue weighted by Crippen LogP contribution is 2.22. The minimum absolute atomic E-state index is 0.124. The third-order valence-electron chi connectivity index (χ3n) is 3.53. The van der Waals surface area contributed by atoms with Crippen LogP contribution in [0.3, 0.4) is 0 Å². The van der Waals surface area contributed by atoms with E-state index in [1.165, 1.54) is 5.56 Å². The predicted molar refractivity (Wildman–Crippen MR) is 75.1 cm³/mol. The molecule has 0 amide bonds. The summed E-state index contributed by atoms with van der Waals surface area (Å²) < 4.78 is 17.9. The van der Waals surface area contributed by atoms with Crippen LogP contribution >= 0.6 is 0 Å². The SMILES string of the molecule is CNC(CS(=O)C1CCOC1C)c1ccccc1. The zero-order valence-electron chi connectivity index (χ0n) is 11.0. The largest absolute Gasteiger partial charge is 0.377 e. The molecule has 1 aromatic rings. The van der Waals surface area contributed by atoms with Crippen molar-refractivity contribution in [2.75, 3.05) is 19.4 Å². The topological polar surface area (TPSA) is 38.3 Å². The molecule has 18 heavy (non-hydrogen) atoms. The molecule has 4 heteroatoms. The Labute approximate surface area is 111 Å². The first-order valence-corrected chi connectivity index (χ1v) is 7.81. The quantitative estimate of drug-likeness (QED) is 0.885. The van der Waals surface area contributed by atoms with Gasteiger partial charge >= 0.3 is 0 Å². The summed E-state index contributed by atoms with van der Waals surface area (Å²) >= 11 is 0. The maximum absolute atomic E-state index is 12.4. The van der Waals surface area contributed by atoms with Gasteiger partial charge in [0, 0.05) is 29.2 Å². The number of benzene rings is 1. The third-order valence-corrected chi connectivity index (χ3v) is 5.48. The molecule has 0 radical (unpaired) electrons. The maximum atomic E-state index is 12.4. The molecule has 4 atom stereocenters. The fraction of sp³-hybridized carbons (Fsp3) is 0.571. The van der Waals surface area contributed by atoms with Crippen LogP contribution in [0.4, 0.5) is 0 Å². The predicted octanol–water partition coefficient (Wildman–Crippen LogP) is 1.87. The molecule has 0 aliphatic carbocycles. The lowest BCUT2D eigenvalue weighted by molar-refractivity contribution is 0.127. The lowest BCUT2D eigenvalue weighted by Gasteiger charge is -2.20. The molecule has 0 saturated carbocycles. The van der Waals surface area contributed by atoms with Crippen molar-refractivity contribution in [1.82, 2.24) is 5.32 Å². The van der Waals surface area contributed by atoms with Gasteiger partial charge in [0.05, 0.1) is 11.4 Å². The highest BCUT2D eigenvalue weighted by Gasteiger charge is 2.30. The Morgan fingerprint density at radius 1 is 1.44 bits per heavy atom. The Morgan fingerprint density at radius 2 is 2.17 bits per heavy atom. The van der Waals surface area contributed by atoms with E-state index in [9.17, 15) is 4.21 Å². The number of hydrogen-bond donors (Lipinski definition) is 1. The van der Waals surface area contributed by atoms with E-state index in [1.54, 1.807) is 0 Å². The third kappa shape index (κ3) is 3.19. The van der Waals surface area contributed by atoms with Gasteiger partial charge in [0.25, 0.3) is 0 Å². The van der Waals surface area contributed by atoms with Crippen LogP contribution in [0.2, 0.25) is 0 Å². The highest BCUT2D eigenvalue weighted by atomic mass is 32.2. The van der Waals surface area contributed by atoms with E-state index in [4.69, 9.17) is 4.74 Å². The van der Waals surface area contributed by atoms with Gasteiger partial charge in [-0.05, 0) is 26.0 Å². The van der Waals surface area contributed by atoms with Crippen molar-refractivity contribution in [3.05, 3.63) is 35.9 Å². The van der Waals surface area contributed by atoms with Gasteiger partial charge < -0.3 is 10.1 Å². The number of rotatable bonds is 5. The van der Waals surface area contributed by atoms with Crippen LogP contribution in [0.25, 0.3) is 0 Å². The second kappa shape index (κ2) is 6.45. The van der Waals surface area contributed by atoms with Gasteiger partial charge in [0.1, 0.15) is 0 Å². The fourth-order valence-corrected chi connectivity index (χ4v) is 4.18. The van der Waals surface area contributed by atoms with Gasteiger partial charge in [0.15, 0.2) is 0 Å². The van der Waals surface area contributed by atoms with Crippen molar-refractivity contribution in [2.24, 2.45) is 0 Å². The molecule has 1 saturated heterocycles. The molecule has 100 valence electrons. The Balaban J connectivity index is 2.00. The average molecular weight is 267 g/mol. The lowest BCUT2D eigenvalue weighted by Crippen LogP contribution is -2.30. The van der Waals surface area contributed by atoms with Crippen LogP contribution in [0.1, 0.15) is 24.9 Å². The molecule has 3 nitrogen and oxygen atoms in total. The minimum Gasteiger partial charge on any atom is -0.377 e. The number of hydrogen-bond acceptors (Lipinski definition) is 3. The van der Waals surface area contributed by atoms with E-state index >= 15 is 0 Å². The van der Waals surface area contributed by atoms with Crippen LogP contribution in [0.5, 0.6) is 0 Å². The fourth-order valence-electron chi connectivity index (χ4n) is 2.38. The molecule has 1 aliphatic rings. The van der Waals surface area contributed by atoms with Crippen LogP contribution < -0.4 is 5.32 Å². The van der Waals surface area contributed by atoms with E-state index in [1.807, 2.05) is 32.2 Å². The van der Waals surface area contributed by atoms with Crippen molar-refractivity contribution in [3.8, 4) is 0 Å². The summed E-state index contributed by atoms with van der Waals surface area (Å²) in [6, 6.07) is 10.3. The molecule has 0 spiro atoms. The Kier molecular flexibility index (Phi) is 4.92. The van der Waals surface area contributed by atoms with E-state index in [0.717, 1.165) is 13.0 Å². The monoisotopic (exact) mass is 267 g/mol. The van der Waals surface area contributed by atoms with Gasteiger partial charge in [0.2, 0.25) is 0 Å². The molecule has 4 unspecified atom stereocenters. The maximum Gasteiger partial charge on any atom is 0.0691 e. The van der Waals surface area contributed by atoms with Crippen LogP contribution in [-0.4, -0.2) is 35.0 Å². The molecule has 1 N–H and O–H groups in total. The molecule has 1 heterocycles. The van der Waals surface area contributed by atoms with E-state index in [0.29, 0.717) is 5.75 Å². The summed E-state index contributed by atoms with van der Waals surface area (Å²) in [7, 11) is 1.08. The van der Waals surface area contributed by atoms with Gasteiger partial charge in [-0.2, -0.15) is 0 Å². The van der Waals surface area contributed by atoms with Gasteiger partial charge in [-0.15, -0.1) is 0 Å². The minimum atomic E-state index is -0.843. The van der Waals surface area contributed by atoms with Crippen molar-refractivity contribution in [2.45, 2.75) is 30.7 Å². The van der Waals surface area contributed by atoms with Crippen LogP contribution in [-0.2, 0) is 15.5 Å². The smallest absolute Gasteiger partial charge is 0.0691 e. The van der Waals surface area contributed by atoms with Crippen LogP contribution in [0.15, 0.2) is 30.3 Å².